The Morgan fingerprint density at radius 1 is 1.47 bits per heavy atom. The third-order valence-corrected chi connectivity index (χ3v) is 2.92. The third kappa shape index (κ3) is 2.73. The van der Waals surface area contributed by atoms with Gasteiger partial charge in [0.2, 0.25) is 0 Å². The molecule has 2 N–H and O–H groups in total. The zero-order valence-electron chi connectivity index (χ0n) is 10.7. The van der Waals surface area contributed by atoms with Crippen LogP contribution in [0.25, 0.3) is 5.82 Å². The number of rotatable bonds is 3. The average Bonchev–Trinajstić information content (AvgIpc) is 3.08. The van der Waals surface area contributed by atoms with Crippen LogP contribution in [-0.4, -0.2) is 33.3 Å². The highest BCUT2D eigenvalue weighted by Crippen LogP contribution is 2.06. The number of nitrogens with one attached hydrogen (secondary N) is 2. The van der Waals surface area contributed by atoms with Crippen LogP contribution in [0.5, 0.6) is 0 Å². The molecule has 1 atom stereocenters. The fourth-order valence-corrected chi connectivity index (χ4v) is 1.95. The maximum absolute atomic E-state index is 4.37. The first-order chi connectivity index (χ1) is 9.31. The van der Waals surface area contributed by atoms with Crippen LogP contribution in [-0.2, 0) is 6.54 Å². The number of hydrogen-bond acceptors (Lipinski definition) is 5. The van der Waals surface area contributed by atoms with E-state index >= 15 is 0 Å². The second kappa shape index (κ2) is 5.09. The normalized spacial score (nSPS) is 17.9. The highest BCUT2D eigenvalue weighted by atomic mass is 15.3. The molecule has 3 rings (SSSR count). The molecule has 0 radical (unpaired) electrons. The van der Waals surface area contributed by atoms with E-state index in [4.69, 9.17) is 0 Å². The van der Waals surface area contributed by atoms with E-state index < -0.39 is 0 Å². The molecule has 0 amide bonds. The Hall–Kier alpha value is -2.37. The zero-order chi connectivity index (χ0) is 13.1. The molecule has 6 heteroatoms. The van der Waals surface area contributed by atoms with Gasteiger partial charge in [0.1, 0.15) is 0 Å². The summed E-state index contributed by atoms with van der Waals surface area (Å²) in [6.07, 6.45) is 5.41. The lowest BCUT2D eigenvalue weighted by molar-refractivity contribution is 0.713. The first-order valence-corrected chi connectivity index (χ1v) is 6.31. The minimum atomic E-state index is 0.416. The topological polar surface area (TPSA) is 67.1 Å². The maximum Gasteiger partial charge on any atom is 0.191 e. The van der Waals surface area contributed by atoms with Gasteiger partial charge in [-0.2, -0.15) is 5.10 Å². The summed E-state index contributed by atoms with van der Waals surface area (Å²) in [4.78, 5) is 8.67. The summed E-state index contributed by atoms with van der Waals surface area (Å²) in [5, 5.41) is 10.7. The van der Waals surface area contributed by atoms with Gasteiger partial charge >= 0.3 is 0 Å². The first kappa shape index (κ1) is 11.7. The Balaban J connectivity index is 1.67. The molecule has 0 saturated carbocycles. The lowest BCUT2D eigenvalue weighted by Gasteiger charge is -2.09. The standard InChI is InChI=1S/C13H16N6/c1-10-8-15-13(18-10)16-9-11-3-5-14-12(7-11)19-6-2-4-17-19/h2-7,10H,8-9H2,1H3,(H2,15,16,18). The predicted octanol–water partition coefficient (Wildman–Crippen LogP) is 0.705. The van der Waals surface area contributed by atoms with E-state index in [1.165, 1.54) is 0 Å². The Labute approximate surface area is 111 Å². The van der Waals surface area contributed by atoms with Crippen molar-refractivity contribution >= 4 is 5.96 Å². The molecule has 19 heavy (non-hydrogen) atoms. The summed E-state index contributed by atoms with van der Waals surface area (Å²) < 4.78 is 1.75. The summed E-state index contributed by atoms with van der Waals surface area (Å²) in [7, 11) is 0. The highest BCUT2D eigenvalue weighted by molar-refractivity contribution is 5.81. The molecule has 2 aromatic heterocycles. The van der Waals surface area contributed by atoms with Crippen molar-refractivity contribution in [2.75, 3.05) is 6.54 Å². The maximum atomic E-state index is 4.37. The van der Waals surface area contributed by atoms with Crippen LogP contribution in [0.2, 0.25) is 0 Å². The van der Waals surface area contributed by atoms with E-state index in [2.05, 4.69) is 32.6 Å². The van der Waals surface area contributed by atoms with Crippen molar-refractivity contribution in [1.82, 2.24) is 25.4 Å². The number of hydrogen-bond donors (Lipinski definition) is 2. The molecule has 3 heterocycles. The van der Waals surface area contributed by atoms with E-state index in [1.54, 1.807) is 17.1 Å². The van der Waals surface area contributed by atoms with E-state index in [-0.39, 0.29) is 0 Å². The predicted molar refractivity (Wildman–Crippen MR) is 73.1 cm³/mol. The van der Waals surface area contributed by atoms with Crippen LogP contribution in [0.4, 0.5) is 0 Å². The number of aromatic nitrogens is 3. The highest BCUT2D eigenvalue weighted by Gasteiger charge is 2.11. The van der Waals surface area contributed by atoms with Crippen molar-refractivity contribution in [1.29, 1.82) is 0 Å². The number of nitrogens with zero attached hydrogens (tertiary/aromatic N) is 4. The Morgan fingerprint density at radius 2 is 2.42 bits per heavy atom. The van der Waals surface area contributed by atoms with Crippen molar-refractivity contribution < 1.29 is 0 Å². The summed E-state index contributed by atoms with van der Waals surface area (Å²) >= 11 is 0. The smallest absolute Gasteiger partial charge is 0.191 e. The zero-order valence-corrected chi connectivity index (χ0v) is 10.7. The second-order valence-corrected chi connectivity index (χ2v) is 4.56. The van der Waals surface area contributed by atoms with Crippen molar-refractivity contribution in [2.24, 2.45) is 4.99 Å². The van der Waals surface area contributed by atoms with Gasteiger partial charge in [0.25, 0.3) is 0 Å². The van der Waals surface area contributed by atoms with Crippen molar-refractivity contribution in [3.8, 4) is 5.82 Å². The summed E-state index contributed by atoms with van der Waals surface area (Å²) in [6.45, 7) is 3.66. The number of aliphatic imine (C=N–C) groups is 1. The van der Waals surface area contributed by atoms with E-state index in [0.717, 1.165) is 30.4 Å². The largest absolute Gasteiger partial charge is 0.352 e. The Morgan fingerprint density at radius 3 is 3.16 bits per heavy atom. The van der Waals surface area contributed by atoms with Crippen LogP contribution in [0.3, 0.4) is 0 Å². The average molecular weight is 256 g/mol. The van der Waals surface area contributed by atoms with Gasteiger partial charge in [0.05, 0.1) is 6.54 Å². The van der Waals surface area contributed by atoms with Gasteiger partial charge in [-0.25, -0.2) is 9.67 Å². The van der Waals surface area contributed by atoms with Gasteiger partial charge in [-0.3, -0.25) is 4.99 Å². The number of guanidine groups is 1. The van der Waals surface area contributed by atoms with Crippen molar-refractivity contribution in [3.63, 3.8) is 0 Å². The van der Waals surface area contributed by atoms with Gasteiger partial charge in [0, 0.05) is 31.2 Å². The lowest BCUT2D eigenvalue weighted by atomic mass is 10.2. The van der Waals surface area contributed by atoms with E-state index in [1.807, 2.05) is 24.4 Å². The summed E-state index contributed by atoms with van der Waals surface area (Å²) in [5.41, 5.74) is 1.14. The quantitative estimate of drug-likeness (QED) is 0.848. The van der Waals surface area contributed by atoms with Gasteiger partial charge in [-0.05, 0) is 30.7 Å². The number of pyridine rings is 1. The second-order valence-electron chi connectivity index (χ2n) is 4.56. The molecule has 1 unspecified atom stereocenters. The monoisotopic (exact) mass is 256 g/mol. The molecule has 0 bridgehead atoms. The molecule has 0 aliphatic carbocycles. The van der Waals surface area contributed by atoms with Crippen LogP contribution in [0, 0.1) is 0 Å². The molecule has 0 spiro atoms. The van der Waals surface area contributed by atoms with E-state index in [9.17, 15) is 0 Å². The fourth-order valence-electron chi connectivity index (χ4n) is 1.95. The summed E-state index contributed by atoms with van der Waals surface area (Å²) in [6, 6.07) is 6.29. The molecule has 0 saturated heterocycles. The van der Waals surface area contributed by atoms with Crippen LogP contribution in [0.15, 0.2) is 41.8 Å². The van der Waals surface area contributed by atoms with Gasteiger partial charge in [-0.15, -0.1) is 0 Å². The minimum absolute atomic E-state index is 0.416. The van der Waals surface area contributed by atoms with Gasteiger partial charge < -0.3 is 10.6 Å². The Kier molecular flexibility index (Phi) is 3.14. The Bertz CT molecular complexity index is 575. The third-order valence-electron chi connectivity index (χ3n) is 2.92. The van der Waals surface area contributed by atoms with Crippen molar-refractivity contribution in [2.45, 2.75) is 19.5 Å². The molecular formula is C13H16N6. The minimum Gasteiger partial charge on any atom is -0.352 e. The van der Waals surface area contributed by atoms with E-state index in [0.29, 0.717) is 6.04 Å². The van der Waals surface area contributed by atoms with Crippen LogP contribution < -0.4 is 10.6 Å². The molecule has 1 aliphatic rings. The first-order valence-electron chi connectivity index (χ1n) is 6.31. The van der Waals surface area contributed by atoms with Gasteiger partial charge in [0.15, 0.2) is 11.8 Å². The molecular weight excluding hydrogens is 240 g/mol. The summed E-state index contributed by atoms with van der Waals surface area (Å²) in [5.74, 6) is 1.68. The van der Waals surface area contributed by atoms with Crippen LogP contribution in [0.1, 0.15) is 12.5 Å². The fraction of sp³-hybridized carbons (Fsp3) is 0.308. The SMILES string of the molecule is CC1CN=C(NCc2ccnc(-n3cccn3)c2)N1. The molecule has 6 nitrogen and oxygen atoms in total. The molecule has 2 aromatic rings. The molecule has 1 aliphatic heterocycles. The molecule has 0 fully saturated rings. The molecule has 0 aromatic carbocycles. The van der Waals surface area contributed by atoms with Crippen LogP contribution >= 0.6 is 0 Å². The lowest BCUT2D eigenvalue weighted by Crippen LogP contribution is -2.37. The van der Waals surface area contributed by atoms with Gasteiger partial charge in [-0.1, -0.05) is 0 Å². The van der Waals surface area contributed by atoms with Crippen molar-refractivity contribution in [3.05, 3.63) is 42.4 Å². The molecule has 98 valence electrons.